The first-order valence-corrected chi connectivity index (χ1v) is 3.72. The second-order valence-electron chi connectivity index (χ2n) is 2.46. The third-order valence-electron chi connectivity index (χ3n) is 1.38. The average Bonchev–Trinajstić information content (AvgIpc) is 2.03. The number of nitrogens with two attached hydrogens (primary N) is 1. The monoisotopic (exact) mass is 197 g/mol. The van der Waals surface area contributed by atoms with Gasteiger partial charge in [-0.15, -0.1) is 0 Å². The molecule has 0 aliphatic heterocycles. The van der Waals surface area contributed by atoms with Crippen LogP contribution in [0.2, 0.25) is 0 Å². The Morgan fingerprint density at radius 3 is 1.93 bits per heavy atom. The second-order valence-corrected chi connectivity index (χ2v) is 2.46. The summed E-state index contributed by atoms with van der Waals surface area (Å²) in [6.07, 6.45) is -1.33. The van der Waals surface area contributed by atoms with Crippen molar-refractivity contribution < 1.29 is 19.8 Å². The van der Waals surface area contributed by atoms with E-state index < -0.39 is 12.1 Å². The molecule has 0 fully saturated rings. The van der Waals surface area contributed by atoms with E-state index in [-0.39, 0.29) is 0 Å². The number of aryl methyl sites for hydroxylation is 1. The molecule has 0 heterocycles. The highest BCUT2D eigenvalue weighted by molar-refractivity contribution is 5.89. The molecule has 4 N–H and O–H groups in total. The molecule has 1 rings (SSSR count). The number of hydrogen-bond donors (Lipinski definition) is 3. The number of primary amides is 1. The molecule has 0 aliphatic carbocycles. The predicted molar refractivity (Wildman–Crippen MR) is 50.4 cm³/mol. The fraction of sp³-hybridized carbons (Fsp3) is 0.111. The van der Waals surface area contributed by atoms with Crippen molar-refractivity contribution in [3.63, 3.8) is 0 Å². The average molecular weight is 197 g/mol. The Morgan fingerprint density at radius 1 is 1.21 bits per heavy atom. The van der Waals surface area contributed by atoms with E-state index in [1.165, 1.54) is 0 Å². The second kappa shape index (κ2) is 5.58. The minimum atomic E-state index is -1.33. The highest BCUT2D eigenvalue weighted by Gasteiger charge is 2.02. The third-order valence-corrected chi connectivity index (χ3v) is 1.38. The molecular formula is C9H11NO4. The summed E-state index contributed by atoms with van der Waals surface area (Å²) in [5.74, 6) is -0.863. The molecule has 0 unspecified atom stereocenters. The number of carboxylic acid groups (broad SMARTS) is 2. The lowest BCUT2D eigenvalue weighted by atomic mass is 10.1. The summed E-state index contributed by atoms with van der Waals surface area (Å²) in [4.78, 5) is 19.2. The van der Waals surface area contributed by atoms with E-state index in [4.69, 9.17) is 15.0 Å². The van der Waals surface area contributed by atoms with E-state index in [0.717, 1.165) is 5.56 Å². The first kappa shape index (κ1) is 12.0. The maximum atomic E-state index is 10.4. The van der Waals surface area contributed by atoms with E-state index in [0.29, 0.717) is 5.56 Å². The van der Waals surface area contributed by atoms with Crippen molar-refractivity contribution in [3.05, 3.63) is 35.4 Å². The molecular weight excluding hydrogens is 186 g/mol. The van der Waals surface area contributed by atoms with Gasteiger partial charge in [0.15, 0.2) is 0 Å². The van der Waals surface area contributed by atoms with Gasteiger partial charge in [-0.1, -0.05) is 18.2 Å². The molecule has 1 aromatic carbocycles. The van der Waals surface area contributed by atoms with E-state index in [1.807, 2.05) is 6.07 Å². The zero-order chi connectivity index (χ0) is 11.1. The fourth-order valence-electron chi connectivity index (χ4n) is 0.813. The van der Waals surface area contributed by atoms with E-state index in [1.54, 1.807) is 25.1 Å². The van der Waals surface area contributed by atoms with E-state index >= 15 is 0 Å². The standard InChI is InChI=1S/C8H8O2.CH3NO2/c1-6-4-2-3-5-7(6)8(9)10;2-1(3)4/h2-5H,1H3,(H,9,10);2H2,(H,3,4). The van der Waals surface area contributed by atoms with Gasteiger partial charge in [-0.3, -0.25) is 0 Å². The molecule has 14 heavy (non-hydrogen) atoms. The van der Waals surface area contributed by atoms with Crippen LogP contribution in [0.25, 0.3) is 0 Å². The number of amides is 1. The van der Waals surface area contributed by atoms with Crippen molar-refractivity contribution >= 4 is 12.1 Å². The quantitative estimate of drug-likeness (QED) is 0.631. The molecule has 76 valence electrons. The lowest BCUT2D eigenvalue weighted by Crippen LogP contribution is -2.03. The highest BCUT2D eigenvalue weighted by Crippen LogP contribution is 2.05. The number of hydrogen-bond acceptors (Lipinski definition) is 2. The van der Waals surface area contributed by atoms with Gasteiger partial charge in [0.2, 0.25) is 0 Å². The third kappa shape index (κ3) is 4.76. The molecule has 0 saturated carbocycles. The number of rotatable bonds is 1. The minimum Gasteiger partial charge on any atom is -0.478 e. The Morgan fingerprint density at radius 2 is 1.64 bits per heavy atom. The molecule has 5 heteroatoms. The molecule has 0 spiro atoms. The van der Waals surface area contributed by atoms with Crippen LogP contribution < -0.4 is 5.73 Å². The molecule has 0 saturated heterocycles. The topological polar surface area (TPSA) is 101 Å². The van der Waals surface area contributed by atoms with Crippen LogP contribution in [-0.4, -0.2) is 22.3 Å². The zero-order valence-electron chi connectivity index (χ0n) is 7.60. The van der Waals surface area contributed by atoms with Crippen molar-refractivity contribution in [3.8, 4) is 0 Å². The van der Waals surface area contributed by atoms with Gasteiger partial charge in [0.05, 0.1) is 5.56 Å². The molecule has 0 aliphatic rings. The van der Waals surface area contributed by atoms with Crippen molar-refractivity contribution in [2.75, 3.05) is 0 Å². The summed E-state index contributed by atoms with van der Waals surface area (Å²) in [5.41, 5.74) is 5.21. The van der Waals surface area contributed by atoms with Gasteiger partial charge in [0.25, 0.3) is 0 Å². The Kier molecular flexibility index (Phi) is 4.77. The van der Waals surface area contributed by atoms with Crippen molar-refractivity contribution in [2.45, 2.75) is 6.92 Å². The minimum absolute atomic E-state index is 0.377. The molecule has 0 atom stereocenters. The van der Waals surface area contributed by atoms with Crippen LogP contribution in [0.5, 0.6) is 0 Å². The normalized spacial score (nSPS) is 8.36. The Balaban J connectivity index is 0.000000364. The van der Waals surface area contributed by atoms with Gasteiger partial charge in [-0.2, -0.15) is 0 Å². The first-order chi connectivity index (χ1) is 6.45. The Labute approximate surface area is 80.8 Å². The van der Waals surface area contributed by atoms with Crippen LogP contribution in [0.15, 0.2) is 24.3 Å². The number of carboxylic acids is 1. The SMILES string of the molecule is Cc1ccccc1C(=O)O.NC(=O)O. The van der Waals surface area contributed by atoms with Crippen LogP contribution in [-0.2, 0) is 0 Å². The van der Waals surface area contributed by atoms with Crippen molar-refractivity contribution in [1.29, 1.82) is 0 Å². The summed E-state index contributed by atoms with van der Waals surface area (Å²) >= 11 is 0. The number of carbonyl (C=O) groups is 2. The first-order valence-electron chi connectivity index (χ1n) is 3.72. The van der Waals surface area contributed by atoms with Crippen LogP contribution in [0.4, 0.5) is 4.79 Å². The van der Waals surface area contributed by atoms with Gasteiger partial charge < -0.3 is 15.9 Å². The molecule has 0 radical (unpaired) electrons. The molecule has 1 aromatic rings. The largest absolute Gasteiger partial charge is 0.478 e. The summed E-state index contributed by atoms with van der Waals surface area (Å²) in [5, 5.41) is 15.8. The predicted octanol–water partition coefficient (Wildman–Crippen LogP) is 1.32. The van der Waals surface area contributed by atoms with E-state index in [2.05, 4.69) is 5.73 Å². The van der Waals surface area contributed by atoms with Crippen molar-refractivity contribution in [1.82, 2.24) is 0 Å². The molecule has 1 amide bonds. The van der Waals surface area contributed by atoms with Crippen LogP contribution in [0.3, 0.4) is 0 Å². The van der Waals surface area contributed by atoms with Gasteiger partial charge in [-0.05, 0) is 18.6 Å². The smallest absolute Gasteiger partial charge is 0.402 e. The Bertz CT molecular complexity index is 331. The number of aromatic carboxylic acids is 1. The lowest BCUT2D eigenvalue weighted by molar-refractivity contribution is 0.0696. The van der Waals surface area contributed by atoms with Gasteiger partial charge >= 0.3 is 12.1 Å². The van der Waals surface area contributed by atoms with Crippen LogP contribution in [0, 0.1) is 6.92 Å². The van der Waals surface area contributed by atoms with Gasteiger partial charge in [-0.25, -0.2) is 9.59 Å². The fourth-order valence-corrected chi connectivity index (χ4v) is 0.813. The summed E-state index contributed by atoms with van der Waals surface area (Å²) in [7, 11) is 0. The van der Waals surface area contributed by atoms with Crippen LogP contribution in [0.1, 0.15) is 15.9 Å². The molecule has 5 nitrogen and oxygen atoms in total. The summed E-state index contributed by atoms with van der Waals surface area (Å²) in [6, 6.07) is 6.92. The van der Waals surface area contributed by atoms with Crippen molar-refractivity contribution in [2.24, 2.45) is 5.73 Å². The van der Waals surface area contributed by atoms with Gasteiger partial charge in [0.1, 0.15) is 0 Å². The Hall–Kier alpha value is -2.04. The highest BCUT2D eigenvalue weighted by atomic mass is 16.4. The number of benzene rings is 1. The lowest BCUT2D eigenvalue weighted by Gasteiger charge is -1.96. The summed E-state index contributed by atoms with van der Waals surface area (Å²) in [6.45, 7) is 1.78. The van der Waals surface area contributed by atoms with E-state index in [9.17, 15) is 4.79 Å². The summed E-state index contributed by atoms with van der Waals surface area (Å²) < 4.78 is 0. The van der Waals surface area contributed by atoms with Gasteiger partial charge in [0, 0.05) is 0 Å². The molecule has 0 bridgehead atoms. The maximum Gasteiger partial charge on any atom is 0.402 e. The van der Waals surface area contributed by atoms with Crippen LogP contribution >= 0.6 is 0 Å². The zero-order valence-corrected chi connectivity index (χ0v) is 7.60. The maximum absolute atomic E-state index is 10.4. The molecule has 0 aromatic heterocycles.